The van der Waals surface area contributed by atoms with Crippen LogP contribution in [0.25, 0.3) is 10.8 Å². The molecule has 0 bridgehead atoms. The van der Waals surface area contributed by atoms with Crippen LogP contribution < -0.4 is 4.74 Å². The van der Waals surface area contributed by atoms with Gasteiger partial charge in [0, 0.05) is 5.56 Å². The first-order chi connectivity index (χ1) is 11.7. The van der Waals surface area contributed by atoms with Crippen LogP contribution in [0.15, 0.2) is 66.7 Å². The molecule has 0 saturated heterocycles. The van der Waals surface area contributed by atoms with Gasteiger partial charge in [-0.25, -0.2) is 4.79 Å². The number of fused-ring (bicyclic) bond motifs is 1. The molecule has 3 aromatic rings. The Labute approximate surface area is 139 Å². The molecule has 0 N–H and O–H groups in total. The zero-order chi connectivity index (χ0) is 16.9. The number of hydrogen-bond donors (Lipinski definition) is 0. The average Bonchev–Trinajstić information content (AvgIpc) is 2.65. The number of methoxy groups -OCH3 is 1. The van der Waals surface area contributed by atoms with Crippen LogP contribution in [0.4, 0.5) is 0 Å². The smallest absolute Gasteiger partial charge is 0.338 e. The number of esters is 1. The first kappa shape index (κ1) is 15.7. The molecule has 120 valence electrons. The molecule has 0 spiro atoms. The van der Waals surface area contributed by atoms with Crippen molar-refractivity contribution in [2.45, 2.75) is 0 Å². The van der Waals surface area contributed by atoms with E-state index in [0.717, 1.165) is 16.5 Å². The first-order valence-corrected chi connectivity index (χ1v) is 7.50. The third-order valence-corrected chi connectivity index (χ3v) is 3.71. The number of hydrogen-bond acceptors (Lipinski definition) is 4. The van der Waals surface area contributed by atoms with E-state index in [1.807, 2.05) is 30.3 Å². The highest BCUT2D eigenvalue weighted by atomic mass is 16.5. The lowest BCUT2D eigenvalue weighted by atomic mass is 10.0. The molecule has 4 heteroatoms. The molecule has 0 aliphatic heterocycles. The van der Waals surface area contributed by atoms with E-state index in [9.17, 15) is 9.59 Å². The second-order valence-corrected chi connectivity index (χ2v) is 5.29. The van der Waals surface area contributed by atoms with Crippen LogP contribution in [-0.4, -0.2) is 25.5 Å². The largest absolute Gasteiger partial charge is 0.497 e. The van der Waals surface area contributed by atoms with E-state index in [-0.39, 0.29) is 12.4 Å². The summed E-state index contributed by atoms with van der Waals surface area (Å²) >= 11 is 0. The SMILES string of the molecule is COc1ccc2cc(C(=O)COC(=O)c3ccccc3)ccc2c1. The fourth-order valence-corrected chi connectivity index (χ4v) is 2.40. The molecule has 0 fully saturated rings. The molecule has 0 atom stereocenters. The summed E-state index contributed by atoms with van der Waals surface area (Å²) in [6, 6.07) is 19.6. The normalized spacial score (nSPS) is 10.4. The van der Waals surface area contributed by atoms with Crippen LogP contribution in [0.5, 0.6) is 5.75 Å². The number of rotatable bonds is 5. The maximum atomic E-state index is 12.2. The fraction of sp³-hybridized carbons (Fsp3) is 0.100. The summed E-state index contributed by atoms with van der Waals surface area (Å²) in [5.41, 5.74) is 0.935. The maximum absolute atomic E-state index is 12.2. The molecule has 4 nitrogen and oxygen atoms in total. The van der Waals surface area contributed by atoms with Crippen LogP contribution >= 0.6 is 0 Å². The standard InChI is InChI=1S/C20H16O4/c1-23-18-10-9-15-11-17(8-7-16(15)12-18)19(21)13-24-20(22)14-5-3-2-4-6-14/h2-12H,13H2,1H3. The quantitative estimate of drug-likeness (QED) is 0.529. The van der Waals surface area contributed by atoms with Crippen molar-refractivity contribution in [1.29, 1.82) is 0 Å². The Kier molecular flexibility index (Phi) is 4.57. The molecule has 0 saturated carbocycles. The Morgan fingerprint density at radius 1 is 0.833 bits per heavy atom. The third-order valence-electron chi connectivity index (χ3n) is 3.71. The molecular weight excluding hydrogens is 304 g/mol. The van der Waals surface area contributed by atoms with Crippen LogP contribution in [0.3, 0.4) is 0 Å². The van der Waals surface area contributed by atoms with Gasteiger partial charge in [-0.3, -0.25) is 4.79 Å². The van der Waals surface area contributed by atoms with Gasteiger partial charge in [-0.15, -0.1) is 0 Å². The van der Waals surface area contributed by atoms with Crippen molar-refractivity contribution < 1.29 is 19.1 Å². The zero-order valence-electron chi connectivity index (χ0n) is 13.2. The van der Waals surface area contributed by atoms with Crippen molar-refractivity contribution >= 4 is 22.5 Å². The molecule has 3 aromatic carbocycles. The van der Waals surface area contributed by atoms with Gasteiger partial charge < -0.3 is 9.47 Å². The lowest BCUT2D eigenvalue weighted by Crippen LogP contribution is -2.14. The second-order valence-electron chi connectivity index (χ2n) is 5.29. The molecule has 24 heavy (non-hydrogen) atoms. The highest BCUT2D eigenvalue weighted by Crippen LogP contribution is 2.22. The monoisotopic (exact) mass is 320 g/mol. The highest BCUT2D eigenvalue weighted by molar-refractivity contribution is 6.02. The predicted octanol–water partition coefficient (Wildman–Crippen LogP) is 3.89. The van der Waals surface area contributed by atoms with Crippen molar-refractivity contribution in [1.82, 2.24) is 0 Å². The van der Waals surface area contributed by atoms with E-state index < -0.39 is 5.97 Å². The summed E-state index contributed by atoms with van der Waals surface area (Å²) in [6.07, 6.45) is 0. The Hall–Kier alpha value is -3.14. The number of carbonyl (C=O) groups excluding carboxylic acids is 2. The van der Waals surface area contributed by atoms with Crippen molar-refractivity contribution in [3.8, 4) is 5.75 Å². The average molecular weight is 320 g/mol. The molecule has 0 amide bonds. The van der Waals surface area contributed by atoms with Gasteiger partial charge in [-0.2, -0.15) is 0 Å². The molecule has 0 aromatic heterocycles. The molecular formula is C20H16O4. The second kappa shape index (κ2) is 6.96. The maximum Gasteiger partial charge on any atom is 0.338 e. The zero-order valence-corrected chi connectivity index (χ0v) is 13.2. The number of carbonyl (C=O) groups is 2. The molecule has 0 heterocycles. The topological polar surface area (TPSA) is 52.6 Å². The van der Waals surface area contributed by atoms with E-state index in [4.69, 9.17) is 9.47 Å². The van der Waals surface area contributed by atoms with Gasteiger partial charge in [0.05, 0.1) is 12.7 Å². The first-order valence-electron chi connectivity index (χ1n) is 7.50. The third kappa shape index (κ3) is 3.43. The Balaban J connectivity index is 1.71. The number of benzene rings is 3. The van der Waals surface area contributed by atoms with Gasteiger partial charge in [-0.05, 0) is 41.1 Å². The van der Waals surface area contributed by atoms with Gasteiger partial charge >= 0.3 is 5.97 Å². The van der Waals surface area contributed by atoms with Gasteiger partial charge in [-0.1, -0.05) is 36.4 Å². The number of ether oxygens (including phenoxy) is 2. The van der Waals surface area contributed by atoms with E-state index in [1.165, 1.54) is 0 Å². The van der Waals surface area contributed by atoms with Gasteiger partial charge in [0.1, 0.15) is 5.75 Å². The van der Waals surface area contributed by atoms with Gasteiger partial charge in [0.25, 0.3) is 0 Å². The molecule has 0 unspecified atom stereocenters. The minimum absolute atomic E-state index is 0.239. The highest BCUT2D eigenvalue weighted by Gasteiger charge is 2.12. The molecule has 0 radical (unpaired) electrons. The van der Waals surface area contributed by atoms with Crippen molar-refractivity contribution in [3.05, 3.63) is 77.9 Å². The Morgan fingerprint density at radius 2 is 1.54 bits per heavy atom. The fourth-order valence-electron chi connectivity index (χ4n) is 2.40. The van der Waals surface area contributed by atoms with Gasteiger partial charge in [0.15, 0.2) is 12.4 Å². The summed E-state index contributed by atoms with van der Waals surface area (Å²) in [6.45, 7) is -0.282. The van der Waals surface area contributed by atoms with Crippen molar-refractivity contribution in [2.24, 2.45) is 0 Å². The minimum Gasteiger partial charge on any atom is -0.497 e. The predicted molar refractivity (Wildman–Crippen MR) is 91.6 cm³/mol. The summed E-state index contributed by atoms with van der Waals surface area (Å²) < 4.78 is 10.3. The number of Topliss-reactive ketones (excluding diaryl/α,β-unsaturated/α-hetero) is 1. The molecule has 0 aliphatic rings. The van der Waals surface area contributed by atoms with Crippen LogP contribution in [0, 0.1) is 0 Å². The lowest BCUT2D eigenvalue weighted by Gasteiger charge is -2.06. The van der Waals surface area contributed by atoms with E-state index >= 15 is 0 Å². The van der Waals surface area contributed by atoms with E-state index in [0.29, 0.717) is 11.1 Å². The Morgan fingerprint density at radius 3 is 2.29 bits per heavy atom. The minimum atomic E-state index is -0.505. The van der Waals surface area contributed by atoms with E-state index in [1.54, 1.807) is 43.5 Å². The van der Waals surface area contributed by atoms with Crippen molar-refractivity contribution in [2.75, 3.05) is 13.7 Å². The summed E-state index contributed by atoms with van der Waals surface area (Å²) in [5, 5.41) is 1.91. The van der Waals surface area contributed by atoms with Crippen LogP contribution in [0.2, 0.25) is 0 Å². The van der Waals surface area contributed by atoms with Crippen LogP contribution in [0.1, 0.15) is 20.7 Å². The Bertz CT molecular complexity index is 885. The lowest BCUT2D eigenvalue weighted by molar-refractivity contribution is 0.0475. The summed E-state index contributed by atoms with van der Waals surface area (Å²) in [4.78, 5) is 24.1. The summed E-state index contributed by atoms with van der Waals surface area (Å²) in [7, 11) is 1.61. The van der Waals surface area contributed by atoms with Gasteiger partial charge in [0.2, 0.25) is 0 Å². The summed E-state index contributed by atoms with van der Waals surface area (Å²) in [5.74, 6) is 0.0184. The number of ketones is 1. The van der Waals surface area contributed by atoms with Crippen molar-refractivity contribution in [3.63, 3.8) is 0 Å². The van der Waals surface area contributed by atoms with E-state index in [2.05, 4.69) is 0 Å². The molecule has 0 aliphatic carbocycles. The molecule has 3 rings (SSSR count). The van der Waals surface area contributed by atoms with Crippen LogP contribution in [-0.2, 0) is 4.74 Å².